The number of carbonyl (C=O) groups excluding carboxylic acids is 1. The molecule has 2 atom stereocenters. The van der Waals surface area contributed by atoms with Crippen molar-refractivity contribution in [2.24, 2.45) is 16.8 Å². The quantitative estimate of drug-likeness (QED) is 0.806. The molecule has 2 fully saturated rings. The van der Waals surface area contributed by atoms with E-state index in [1.54, 1.807) is 0 Å². The smallest absolute Gasteiger partial charge is 0.226 e. The van der Waals surface area contributed by atoms with Crippen LogP contribution in [0.1, 0.15) is 30.7 Å². The zero-order valence-electron chi connectivity index (χ0n) is 15.0. The van der Waals surface area contributed by atoms with Gasteiger partial charge in [-0.25, -0.2) is 13.2 Å². The van der Waals surface area contributed by atoms with Gasteiger partial charge in [0.05, 0.1) is 6.21 Å². The van der Waals surface area contributed by atoms with Gasteiger partial charge < -0.3 is 9.80 Å². The Bertz CT molecular complexity index is 766. The molecule has 27 heavy (non-hydrogen) atoms. The van der Waals surface area contributed by atoms with Crippen molar-refractivity contribution in [1.82, 2.24) is 9.80 Å². The van der Waals surface area contributed by atoms with E-state index in [2.05, 4.69) is 4.99 Å². The number of hydrogen-bond acceptors (Lipinski definition) is 3. The third-order valence-corrected chi connectivity index (χ3v) is 5.68. The van der Waals surface area contributed by atoms with Crippen molar-refractivity contribution < 1.29 is 18.0 Å². The van der Waals surface area contributed by atoms with Gasteiger partial charge in [0.2, 0.25) is 5.91 Å². The number of piperidine rings is 1. The molecule has 144 valence electrons. The molecule has 3 aliphatic rings. The van der Waals surface area contributed by atoms with Crippen molar-refractivity contribution >= 4 is 12.1 Å². The van der Waals surface area contributed by atoms with Crippen LogP contribution in [-0.2, 0) is 4.79 Å². The number of halogens is 3. The van der Waals surface area contributed by atoms with Gasteiger partial charge in [-0.3, -0.25) is 9.79 Å². The zero-order chi connectivity index (χ0) is 19.0. The third-order valence-electron chi connectivity index (χ3n) is 5.68. The summed E-state index contributed by atoms with van der Waals surface area (Å²) in [6, 6.07) is 3.82. The maximum atomic E-state index is 13.9. The van der Waals surface area contributed by atoms with Crippen molar-refractivity contribution in [3.63, 3.8) is 0 Å². The lowest BCUT2D eigenvalue weighted by molar-refractivity contribution is -0.134. The highest BCUT2D eigenvalue weighted by atomic mass is 19.1. The molecule has 2 aliphatic heterocycles. The lowest BCUT2D eigenvalue weighted by Crippen LogP contribution is -2.42. The Hall–Kier alpha value is -2.31. The molecule has 7 heteroatoms. The normalized spacial score (nSPS) is 25.5. The maximum Gasteiger partial charge on any atom is 0.226 e. The summed E-state index contributed by atoms with van der Waals surface area (Å²) < 4.78 is 41.1. The second-order valence-corrected chi connectivity index (χ2v) is 7.59. The fraction of sp³-hybridized carbons (Fsp3) is 0.500. The number of carbonyl (C=O) groups is 1. The van der Waals surface area contributed by atoms with E-state index in [1.165, 1.54) is 30.6 Å². The average Bonchev–Trinajstić information content (AvgIpc) is 3.42. The second-order valence-electron chi connectivity index (χ2n) is 7.59. The highest BCUT2D eigenvalue weighted by Crippen LogP contribution is 2.50. The zero-order valence-corrected chi connectivity index (χ0v) is 15.0. The molecule has 4 rings (SSSR count). The van der Waals surface area contributed by atoms with Crippen LogP contribution in [0, 0.1) is 23.5 Å². The lowest BCUT2D eigenvalue weighted by Gasteiger charge is -2.34. The van der Waals surface area contributed by atoms with Crippen molar-refractivity contribution in [3.8, 4) is 0 Å². The van der Waals surface area contributed by atoms with Gasteiger partial charge in [0.1, 0.15) is 18.3 Å². The molecule has 1 aliphatic carbocycles. The first kappa shape index (κ1) is 18.1. The van der Waals surface area contributed by atoms with Crippen molar-refractivity contribution in [2.45, 2.75) is 25.2 Å². The molecule has 2 unspecified atom stereocenters. The molecule has 1 saturated carbocycles. The van der Waals surface area contributed by atoms with Crippen molar-refractivity contribution in [2.75, 3.05) is 26.3 Å². The van der Waals surface area contributed by atoms with Crippen LogP contribution in [0.3, 0.4) is 0 Å². The Labute approximate surface area is 156 Å². The van der Waals surface area contributed by atoms with Gasteiger partial charge in [-0.05, 0) is 37.3 Å². The van der Waals surface area contributed by atoms with Gasteiger partial charge in [0.25, 0.3) is 0 Å². The van der Waals surface area contributed by atoms with Crippen LogP contribution in [-0.4, -0.2) is 48.2 Å². The average molecular weight is 377 g/mol. The van der Waals surface area contributed by atoms with E-state index in [-0.39, 0.29) is 29.1 Å². The summed E-state index contributed by atoms with van der Waals surface area (Å²) in [6.07, 6.45) is 4.89. The maximum absolute atomic E-state index is 13.9. The molecule has 4 nitrogen and oxygen atoms in total. The summed E-state index contributed by atoms with van der Waals surface area (Å²) in [5, 5.41) is 0. The molecule has 0 aromatic heterocycles. The van der Waals surface area contributed by atoms with Gasteiger partial charge >= 0.3 is 0 Å². The van der Waals surface area contributed by atoms with E-state index in [0.29, 0.717) is 32.1 Å². The summed E-state index contributed by atoms with van der Waals surface area (Å²) in [4.78, 5) is 20.3. The van der Waals surface area contributed by atoms with E-state index < -0.39 is 11.6 Å². The first-order valence-corrected chi connectivity index (χ1v) is 9.37. The van der Waals surface area contributed by atoms with Crippen LogP contribution >= 0.6 is 0 Å². The molecular weight excluding hydrogens is 355 g/mol. The Balaban J connectivity index is 1.29. The fourth-order valence-corrected chi connectivity index (χ4v) is 4.15. The summed E-state index contributed by atoms with van der Waals surface area (Å²) in [5.74, 6) is -1.77. The molecular formula is C20H22F3N3O. The SMILES string of the molecule is O=C(C1CC1c1c(F)cccc1F)N1CCC(CN2C=C(F)C=NC2)CC1. The number of aliphatic imine (C=N–C) groups is 1. The fourth-order valence-electron chi connectivity index (χ4n) is 4.15. The Morgan fingerprint density at radius 2 is 1.85 bits per heavy atom. The van der Waals surface area contributed by atoms with Crippen molar-refractivity contribution in [3.05, 3.63) is 47.4 Å². The lowest BCUT2D eigenvalue weighted by atomic mass is 9.95. The highest BCUT2D eigenvalue weighted by Gasteiger charge is 2.48. The molecule has 1 aromatic rings. The molecule has 1 saturated heterocycles. The Morgan fingerprint density at radius 3 is 2.52 bits per heavy atom. The number of hydrogen-bond donors (Lipinski definition) is 0. The summed E-state index contributed by atoms with van der Waals surface area (Å²) in [7, 11) is 0. The topological polar surface area (TPSA) is 35.9 Å². The number of nitrogens with zero attached hydrogens (tertiary/aromatic N) is 3. The summed E-state index contributed by atoms with van der Waals surface area (Å²) in [5.41, 5.74) is 0.0465. The van der Waals surface area contributed by atoms with Crippen LogP contribution in [0.4, 0.5) is 13.2 Å². The molecule has 0 radical (unpaired) electrons. The molecule has 0 bridgehead atoms. The van der Waals surface area contributed by atoms with Crippen LogP contribution in [0.2, 0.25) is 0 Å². The second kappa shape index (κ2) is 7.37. The Morgan fingerprint density at radius 1 is 1.15 bits per heavy atom. The standard InChI is InChI=1S/C20H22F3N3O/c21-14-9-24-12-25(11-14)10-13-4-6-26(7-5-13)20(27)16-8-15(16)19-17(22)2-1-3-18(19)23/h1-3,9,11,13,15-16H,4-8,10,12H2. The monoisotopic (exact) mass is 377 g/mol. The number of allylic oxidation sites excluding steroid dienone is 1. The van der Waals surface area contributed by atoms with Crippen LogP contribution in [0.15, 0.2) is 35.2 Å². The number of amides is 1. The van der Waals surface area contributed by atoms with Gasteiger partial charge in [-0.15, -0.1) is 0 Å². The highest BCUT2D eigenvalue weighted by molar-refractivity contribution is 5.83. The van der Waals surface area contributed by atoms with E-state index in [1.807, 2.05) is 9.80 Å². The summed E-state index contributed by atoms with van der Waals surface area (Å²) >= 11 is 0. The third kappa shape index (κ3) is 3.87. The van der Waals surface area contributed by atoms with Crippen LogP contribution in [0.5, 0.6) is 0 Å². The van der Waals surface area contributed by atoms with E-state index in [4.69, 9.17) is 0 Å². The first-order chi connectivity index (χ1) is 13.0. The number of rotatable bonds is 4. The van der Waals surface area contributed by atoms with Gasteiger partial charge in [-0.1, -0.05) is 6.07 Å². The molecule has 2 heterocycles. The summed E-state index contributed by atoms with van der Waals surface area (Å²) in [6.45, 7) is 2.45. The van der Waals surface area contributed by atoms with Gasteiger partial charge in [-0.2, -0.15) is 0 Å². The minimum atomic E-state index is -0.571. The molecule has 1 aromatic carbocycles. The van der Waals surface area contributed by atoms with E-state index >= 15 is 0 Å². The van der Waals surface area contributed by atoms with Gasteiger partial charge in [0, 0.05) is 43.2 Å². The molecule has 1 amide bonds. The number of likely N-dealkylation sites (tertiary alicyclic amines) is 1. The van der Waals surface area contributed by atoms with E-state index in [0.717, 1.165) is 19.4 Å². The minimum absolute atomic E-state index is 0.00499. The number of benzene rings is 1. The predicted molar refractivity (Wildman–Crippen MR) is 95.8 cm³/mol. The largest absolute Gasteiger partial charge is 0.355 e. The first-order valence-electron chi connectivity index (χ1n) is 9.37. The molecule has 0 spiro atoms. The van der Waals surface area contributed by atoms with Crippen molar-refractivity contribution in [1.29, 1.82) is 0 Å². The Kier molecular flexibility index (Phi) is 4.93. The van der Waals surface area contributed by atoms with Crippen LogP contribution in [0.25, 0.3) is 0 Å². The van der Waals surface area contributed by atoms with Gasteiger partial charge in [0.15, 0.2) is 5.83 Å². The van der Waals surface area contributed by atoms with Crippen LogP contribution < -0.4 is 0 Å². The minimum Gasteiger partial charge on any atom is -0.355 e. The predicted octanol–water partition coefficient (Wildman–Crippen LogP) is 3.46. The molecule has 0 N–H and O–H groups in total. The van der Waals surface area contributed by atoms with E-state index in [9.17, 15) is 18.0 Å².